The number of carbonyl (C=O) groups excluding carboxylic acids is 1. The minimum absolute atomic E-state index is 0.160. The van der Waals surface area contributed by atoms with Crippen molar-refractivity contribution in [1.82, 2.24) is 20.3 Å². The average Bonchev–Trinajstić information content (AvgIpc) is 2.92. The maximum absolute atomic E-state index is 13.3. The number of halogens is 1. The maximum atomic E-state index is 13.3. The van der Waals surface area contributed by atoms with Gasteiger partial charge in [-0.2, -0.15) is 0 Å². The molecule has 2 N–H and O–H groups in total. The normalized spacial score (nSPS) is 15.5. The second-order valence-electron chi connectivity index (χ2n) is 8.24. The number of pyridine rings is 1. The first-order valence-corrected chi connectivity index (χ1v) is 11.8. The van der Waals surface area contributed by atoms with E-state index in [1.54, 1.807) is 38.5 Å². The Morgan fingerprint density at radius 1 is 1.08 bits per heavy atom. The molecule has 1 aliphatic rings. The molecule has 0 radical (unpaired) electrons. The summed E-state index contributed by atoms with van der Waals surface area (Å²) in [5.41, 5.74) is 3.54. The summed E-state index contributed by atoms with van der Waals surface area (Å²) in [5, 5.41) is 6.83. The van der Waals surface area contributed by atoms with Crippen LogP contribution >= 0.6 is 11.6 Å². The molecule has 2 aromatic heterocycles. The number of aromatic nitrogens is 3. The molecule has 36 heavy (non-hydrogen) atoms. The van der Waals surface area contributed by atoms with Crippen LogP contribution in [-0.2, 0) is 4.79 Å². The predicted molar refractivity (Wildman–Crippen MR) is 140 cm³/mol. The van der Waals surface area contributed by atoms with Gasteiger partial charge in [-0.15, -0.1) is 0 Å². The fourth-order valence-electron chi connectivity index (χ4n) is 4.28. The third kappa shape index (κ3) is 4.75. The SMILES string of the molecule is COc1ccc(-c2ccc3ncnc(N4CCNCC4C(=O)Nc4cccc(Cl)c4)c3n2)cc1OC. The second-order valence-corrected chi connectivity index (χ2v) is 8.68. The number of nitrogens with one attached hydrogen (secondary N) is 2. The van der Waals surface area contributed by atoms with Gasteiger partial charge in [0.2, 0.25) is 5.91 Å². The molecule has 184 valence electrons. The van der Waals surface area contributed by atoms with E-state index in [1.165, 1.54) is 6.33 Å². The van der Waals surface area contributed by atoms with Gasteiger partial charge in [-0.1, -0.05) is 17.7 Å². The van der Waals surface area contributed by atoms with Gasteiger partial charge in [0.1, 0.15) is 17.9 Å². The lowest BCUT2D eigenvalue weighted by atomic mass is 10.1. The summed E-state index contributed by atoms with van der Waals surface area (Å²) in [4.78, 5) is 29.1. The Balaban J connectivity index is 1.51. The number of ether oxygens (including phenoxy) is 2. The number of piperazine rings is 1. The number of fused-ring (bicyclic) bond motifs is 1. The van der Waals surface area contributed by atoms with Gasteiger partial charge in [0, 0.05) is 35.9 Å². The quantitative estimate of drug-likeness (QED) is 0.409. The van der Waals surface area contributed by atoms with Crippen molar-refractivity contribution in [2.45, 2.75) is 6.04 Å². The molecule has 4 aromatic rings. The highest BCUT2D eigenvalue weighted by atomic mass is 35.5. The van der Waals surface area contributed by atoms with Crippen molar-refractivity contribution in [2.24, 2.45) is 0 Å². The molecule has 1 amide bonds. The van der Waals surface area contributed by atoms with E-state index in [2.05, 4.69) is 20.6 Å². The first-order valence-electron chi connectivity index (χ1n) is 11.5. The van der Waals surface area contributed by atoms with Crippen molar-refractivity contribution >= 4 is 40.0 Å². The van der Waals surface area contributed by atoms with E-state index in [-0.39, 0.29) is 5.91 Å². The first-order chi connectivity index (χ1) is 17.6. The molecule has 10 heteroatoms. The average molecular weight is 505 g/mol. The van der Waals surface area contributed by atoms with E-state index in [9.17, 15) is 4.79 Å². The monoisotopic (exact) mass is 504 g/mol. The molecule has 1 aliphatic heterocycles. The molecule has 2 aromatic carbocycles. The number of benzene rings is 2. The largest absolute Gasteiger partial charge is 0.493 e. The lowest BCUT2D eigenvalue weighted by Crippen LogP contribution is -2.57. The minimum atomic E-state index is -0.498. The number of amides is 1. The standard InChI is InChI=1S/C26H25ClN6O3/c1-35-22-9-6-16(12-23(22)36-2)19-7-8-20-24(32-19)25(30-15-29-20)33-11-10-28-14-21(33)26(34)31-18-5-3-4-17(27)13-18/h3-9,12-13,15,21,28H,10-11,14H2,1-2H3,(H,31,34). The Morgan fingerprint density at radius 2 is 1.94 bits per heavy atom. The molecule has 5 rings (SSSR count). The Bertz CT molecular complexity index is 1420. The van der Waals surface area contributed by atoms with Crippen LogP contribution in [0.25, 0.3) is 22.3 Å². The summed E-state index contributed by atoms with van der Waals surface area (Å²) >= 11 is 6.09. The lowest BCUT2D eigenvalue weighted by Gasteiger charge is -2.36. The Kier molecular flexibility index (Phi) is 6.84. The van der Waals surface area contributed by atoms with E-state index in [0.717, 1.165) is 11.3 Å². The van der Waals surface area contributed by atoms with Crippen molar-refractivity contribution < 1.29 is 14.3 Å². The van der Waals surface area contributed by atoms with E-state index in [4.69, 9.17) is 26.1 Å². The van der Waals surface area contributed by atoms with Gasteiger partial charge in [0.15, 0.2) is 17.3 Å². The van der Waals surface area contributed by atoms with Crippen molar-refractivity contribution in [3.8, 4) is 22.8 Å². The fourth-order valence-corrected chi connectivity index (χ4v) is 4.47. The van der Waals surface area contributed by atoms with Gasteiger partial charge in [0.05, 0.1) is 25.4 Å². The number of methoxy groups -OCH3 is 2. The molecule has 0 saturated carbocycles. The van der Waals surface area contributed by atoms with E-state index < -0.39 is 6.04 Å². The van der Waals surface area contributed by atoms with E-state index in [1.807, 2.05) is 35.2 Å². The van der Waals surface area contributed by atoms with Crippen LogP contribution in [0.4, 0.5) is 11.5 Å². The molecule has 1 unspecified atom stereocenters. The Hall–Kier alpha value is -3.95. The van der Waals surface area contributed by atoms with Crippen LogP contribution in [-0.4, -0.2) is 60.8 Å². The third-order valence-electron chi connectivity index (χ3n) is 6.05. The van der Waals surface area contributed by atoms with Crippen LogP contribution in [0.2, 0.25) is 5.02 Å². The number of anilines is 2. The summed E-state index contributed by atoms with van der Waals surface area (Å²) in [6, 6.07) is 16.0. The molecule has 9 nitrogen and oxygen atoms in total. The van der Waals surface area contributed by atoms with Crippen LogP contribution < -0.4 is 25.0 Å². The van der Waals surface area contributed by atoms with Crippen LogP contribution in [0.5, 0.6) is 11.5 Å². The Morgan fingerprint density at radius 3 is 2.75 bits per heavy atom. The van der Waals surface area contributed by atoms with E-state index >= 15 is 0 Å². The van der Waals surface area contributed by atoms with Crippen LogP contribution in [0.3, 0.4) is 0 Å². The van der Waals surface area contributed by atoms with Gasteiger partial charge in [-0.25, -0.2) is 15.0 Å². The molecule has 1 fully saturated rings. The second kappa shape index (κ2) is 10.3. The molecule has 1 saturated heterocycles. The van der Waals surface area contributed by atoms with E-state index in [0.29, 0.717) is 58.7 Å². The minimum Gasteiger partial charge on any atom is -0.493 e. The first kappa shape index (κ1) is 23.8. The molecule has 0 aliphatic carbocycles. The zero-order valence-electron chi connectivity index (χ0n) is 19.9. The highest BCUT2D eigenvalue weighted by Crippen LogP contribution is 2.33. The number of hydrogen-bond acceptors (Lipinski definition) is 8. The zero-order chi connectivity index (χ0) is 25.1. The summed E-state index contributed by atoms with van der Waals surface area (Å²) in [7, 11) is 3.20. The maximum Gasteiger partial charge on any atom is 0.248 e. The van der Waals surface area contributed by atoms with Gasteiger partial charge in [-0.05, 0) is 48.5 Å². The number of hydrogen-bond donors (Lipinski definition) is 2. The van der Waals surface area contributed by atoms with Gasteiger partial charge in [-0.3, -0.25) is 4.79 Å². The molecular formula is C26H25ClN6O3. The van der Waals surface area contributed by atoms with Crippen molar-refractivity contribution in [2.75, 3.05) is 44.1 Å². The smallest absolute Gasteiger partial charge is 0.248 e. The van der Waals surface area contributed by atoms with Crippen molar-refractivity contribution in [3.63, 3.8) is 0 Å². The summed E-state index contributed by atoms with van der Waals surface area (Å²) < 4.78 is 10.8. The summed E-state index contributed by atoms with van der Waals surface area (Å²) in [6.45, 7) is 1.76. The Labute approximate surface area is 213 Å². The molecular weight excluding hydrogens is 480 g/mol. The number of carbonyl (C=O) groups is 1. The molecule has 0 spiro atoms. The zero-order valence-corrected chi connectivity index (χ0v) is 20.6. The van der Waals surface area contributed by atoms with Gasteiger partial charge >= 0.3 is 0 Å². The highest BCUT2D eigenvalue weighted by molar-refractivity contribution is 6.30. The van der Waals surface area contributed by atoms with Crippen LogP contribution in [0.15, 0.2) is 60.9 Å². The topological polar surface area (TPSA) is 102 Å². The highest BCUT2D eigenvalue weighted by Gasteiger charge is 2.31. The molecule has 0 bridgehead atoms. The third-order valence-corrected chi connectivity index (χ3v) is 6.29. The molecule has 3 heterocycles. The summed E-state index contributed by atoms with van der Waals surface area (Å²) in [6.07, 6.45) is 1.50. The number of nitrogens with zero attached hydrogens (tertiary/aromatic N) is 4. The fraction of sp³-hybridized carbons (Fsp3) is 0.231. The lowest BCUT2D eigenvalue weighted by molar-refractivity contribution is -0.117. The predicted octanol–water partition coefficient (Wildman–Crippen LogP) is 3.78. The van der Waals surface area contributed by atoms with Gasteiger partial charge < -0.3 is 25.0 Å². The van der Waals surface area contributed by atoms with Crippen molar-refractivity contribution in [1.29, 1.82) is 0 Å². The molecule has 1 atom stereocenters. The number of rotatable bonds is 6. The van der Waals surface area contributed by atoms with Crippen molar-refractivity contribution in [3.05, 3.63) is 65.9 Å². The van der Waals surface area contributed by atoms with Gasteiger partial charge in [0.25, 0.3) is 0 Å². The van der Waals surface area contributed by atoms with Crippen LogP contribution in [0, 0.1) is 0 Å². The summed E-state index contributed by atoms with van der Waals surface area (Å²) in [5.74, 6) is 1.70. The van der Waals surface area contributed by atoms with Crippen LogP contribution in [0.1, 0.15) is 0 Å².